The molecule has 0 saturated carbocycles. The minimum Gasteiger partial charge on any atom is -0.305 e. The first-order valence-electron chi connectivity index (χ1n) is 6.97. The SMILES string of the molecule is Cc1nn(C)cc1C(C)NCc1cc2c(s1)CCC2. The van der Waals surface area contributed by atoms with Crippen molar-refractivity contribution < 1.29 is 0 Å². The Hall–Kier alpha value is -1.13. The fourth-order valence-electron chi connectivity index (χ4n) is 2.88. The van der Waals surface area contributed by atoms with Gasteiger partial charge in [0, 0.05) is 41.1 Å². The molecule has 0 amide bonds. The van der Waals surface area contributed by atoms with Crippen LogP contribution in [0, 0.1) is 6.92 Å². The molecule has 1 aliphatic rings. The molecule has 0 aliphatic heterocycles. The first-order chi connectivity index (χ1) is 9.13. The average Bonchev–Trinajstić information content (AvgIpc) is 3.00. The van der Waals surface area contributed by atoms with Crippen LogP contribution >= 0.6 is 11.3 Å². The summed E-state index contributed by atoms with van der Waals surface area (Å²) in [6, 6.07) is 2.74. The van der Waals surface area contributed by atoms with Gasteiger partial charge in [0.25, 0.3) is 0 Å². The van der Waals surface area contributed by atoms with E-state index in [0.29, 0.717) is 6.04 Å². The molecule has 102 valence electrons. The minimum atomic E-state index is 0.352. The lowest BCUT2D eigenvalue weighted by Crippen LogP contribution is -2.17. The Bertz CT molecular complexity index is 561. The standard InChI is InChI=1S/C15H21N3S/c1-10(14-9-18(3)17-11(14)2)16-8-13-7-12-5-4-6-15(12)19-13/h7,9-10,16H,4-6,8H2,1-3H3. The van der Waals surface area contributed by atoms with E-state index >= 15 is 0 Å². The Morgan fingerprint density at radius 1 is 1.47 bits per heavy atom. The number of nitrogens with one attached hydrogen (secondary N) is 1. The molecule has 0 aromatic carbocycles. The predicted octanol–water partition coefficient (Wildman–Crippen LogP) is 3.13. The Morgan fingerprint density at radius 3 is 3.00 bits per heavy atom. The van der Waals surface area contributed by atoms with E-state index in [-0.39, 0.29) is 0 Å². The van der Waals surface area contributed by atoms with Gasteiger partial charge in [-0.2, -0.15) is 5.10 Å². The topological polar surface area (TPSA) is 29.9 Å². The van der Waals surface area contributed by atoms with Gasteiger partial charge in [-0.3, -0.25) is 4.68 Å². The van der Waals surface area contributed by atoms with Gasteiger partial charge in [-0.25, -0.2) is 0 Å². The lowest BCUT2D eigenvalue weighted by molar-refractivity contribution is 0.576. The molecular weight excluding hydrogens is 254 g/mol. The number of nitrogens with zero attached hydrogens (tertiary/aromatic N) is 2. The molecule has 0 saturated heterocycles. The van der Waals surface area contributed by atoms with E-state index in [9.17, 15) is 0 Å². The molecule has 0 radical (unpaired) electrons. The molecule has 3 rings (SSSR count). The lowest BCUT2D eigenvalue weighted by atomic mass is 10.1. The Labute approximate surface area is 118 Å². The second-order valence-electron chi connectivity index (χ2n) is 5.46. The Balaban J connectivity index is 1.63. The predicted molar refractivity (Wildman–Crippen MR) is 79.5 cm³/mol. The zero-order valence-electron chi connectivity index (χ0n) is 11.9. The van der Waals surface area contributed by atoms with Crippen molar-refractivity contribution in [1.29, 1.82) is 0 Å². The number of thiophene rings is 1. The van der Waals surface area contributed by atoms with E-state index in [1.165, 1.54) is 29.7 Å². The highest BCUT2D eigenvalue weighted by atomic mass is 32.1. The maximum absolute atomic E-state index is 4.41. The van der Waals surface area contributed by atoms with Crippen LogP contribution in [-0.2, 0) is 26.4 Å². The fraction of sp³-hybridized carbons (Fsp3) is 0.533. The molecule has 1 aliphatic carbocycles. The van der Waals surface area contributed by atoms with Crippen molar-refractivity contribution in [3.63, 3.8) is 0 Å². The van der Waals surface area contributed by atoms with Crippen LogP contribution in [0.2, 0.25) is 0 Å². The summed E-state index contributed by atoms with van der Waals surface area (Å²) < 4.78 is 1.89. The van der Waals surface area contributed by atoms with E-state index in [1.807, 2.05) is 23.1 Å². The number of aryl methyl sites for hydroxylation is 4. The monoisotopic (exact) mass is 275 g/mol. The largest absolute Gasteiger partial charge is 0.305 e. The van der Waals surface area contributed by atoms with Crippen LogP contribution in [0.1, 0.15) is 46.0 Å². The summed E-state index contributed by atoms with van der Waals surface area (Å²) in [5.74, 6) is 0. The van der Waals surface area contributed by atoms with Crippen molar-refractivity contribution in [3.05, 3.63) is 38.8 Å². The number of hydrogen-bond donors (Lipinski definition) is 1. The van der Waals surface area contributed by atoms with Gasteiger partial charge in [-0.1, -0.05) is 0 Å². The van der Waals surface area contributed by atoms with Crippen LogP contribution in [0.3, 0.4) is 0 Å². The summed E-state index contributed by atoms with van der Waals surface area (Å²) in [4.78, 5) is 3.08. The first-order valence-corrected chi connectivity index (χ1v) is 7.79. The minimum absolute atomic E-state index is 0.352. The average molecular weight is 275 g/mol. The molecule has 3 nitrogen and oxygen atoms in total. The van der Waals surface area contributed by atoms with Crippen molar-refractivity contribution >= 4 is 11.3 Å². The first kappa shape index (κ1) is 12.9. The van der Waals surface area contributed by atoms with E-state index < -0.39 is 0 Å². The van der Waals surface area contributed by atoms with Gasteiger partial charge in [-0.05, 0) is 44.7 Å². The summed E-state index contributed by atoms with van der Waals surface area (Å²) in [5.41, 5.74) is 4.01. The highest BCUT2D eigenvalue weighted by Crippen LogP contribution is 2.30. The number of fused-ring (bicyclic) bond motifs is 1. The van der Waals surface area contributed by atoms with E-state index in [2.05, 4.69) is 36.5 Å². The van der Waals surface area contributed by atoms with Crippen molar-refractivity contribution in [2.24, 2.45) is 7.05 Å². The molecule has 0 spiro atoms. The van der Waals surface area contributed by atoms with Crippen molar-refractivity contribution in [2.45, 2.75) is 45.7 Å². The molecule has 1 atom stereocenters. The van der Waals surface area contributed by atoms with Crippen LogP contribution in [0.5, 0.6) is 0 Å². The third-order valence-electron chi connectivity index (χ3n) is 3.90. The second kappa shape index (κ2) is 5.10. The smallest absolute Gasteiger partial charge is 0.0641 e. The molecule has 1 unspecified atom stereocenters. The summed E-state index contributed by atoms with van der Waals surface area (Å²) in [7, 11) is 1.98. The maximum atomic E-state index is 4.41. The number of aromatic nitrogens is 2. The van der Waals surface area contributed by atoms with Gasteiger partial charge in [0.2, 0.25) is 0 Å². The third kappa shape index (κ3) is 2.60. The van der Waals surface area contributed by atoms with Gasteiger partial charge >= 0.3 is 0 Å². The summed E-state index contributed by atoms with van der Waals surface area (Å²) in [6.07, 6.45) is 6.03. The Kier molecular flexibility index (Phi) is 3.46. The number of rotatable bonds is 4. The van der Waals surface area contributed by atoms with Crippen molar-refractivity contribution in [1.82, 2.24) is 15.1 Å². The summed E-state index contributed by atoms with van der Waals surface area (Å²) in [6.45, 7) is 5.26. The molecule has 1 N–H and O–H groups in total. The molecule has 19 heavy (non-hydrogen) atoms. The van der Waals surface area contributed by atoms with Crippen LogP contribution < -0.4 is 5.32 Å². The van der Waals surface area contributed by atoms with Gasteiger partial charge in [0.15, 0.2) is 0 Å². The van der Waals surface area contributed by atoms with E-state index in [4.69, 9.17) is 0 Å². The molecule has 0 bridgehead atoms. The molecule has 2 heterocycles. The van der Waals surface area contributed by atoms with Gasteiger partial charge < -0.3 is 5.32 Å². The maximum Gasteiger partial charge on any atom is 0.0641 e. The third-order valence-corrected chi connectivity index (χ3v) is 5.14. The highest BCUT2D eigenvalue weighted by molar-refractivity contribution is 7.12. The van der Waals surface area contributed by atoms with Crippen LogP contribution in [0.25, 0.3) is 0 Å². The van der Waals surface area contributed by atoms with Gasteiger partial charge in [-0.15, -0.1) is 11.3 Å². The fourth-order valence-corrected chi connectivity index (χ4v) is 4.10. The van der Waals surface area contributed by atoms with Crippen LogP contribution in [0.4, 0.5) is 0 Å². The van der Waals surface area contributed by atoms with Crippen LogP contribution in [0.15, 0.2) is 12.3 Å². The van der Waals surface area contributed by atoms with E-state index in [0.717, 1.165) is 12.2 Å². The number of hydrogen-bond acceptors (Lipinski definition) is 3. The zero-order valence-corrected chi connectivity index (χ0v) is 12.7. The molecule has 0 fully saturated rings. The molecule has 2 aromatic heterocycles. The normalized spacial score (nSPS) is 15.7. The molecule has 4 heteroatoms. The Morgan fingerprint density at radius 2 is 2.32 bits per heavy atom. The lowest BCUT2D eigenvalue weighted by Gasteiger charge is -2.12. The quantitative estimate of drug-likeness (QED) is 0.929. The van der Waals surface area contributed by atoms with Gasteiger partial charge in [0.05, 0.1) is 5.69 Å². The van der Waals surface area contributed by atoms with Crippen molar-refractivity contribution in [2.75, 3.05) is 0 Å². The van der Waals surface area contributed by atoms with Crippen LogP contribution in [-0.4, -0.2) is 9.78 Å². The highest BCUT2D eigenvalue weighted by Gasteiger charge is 2.16. The molecule has 2 aromatic rings. The zero-order chi connectivity index (χ0) is 13.4. The second-order valence-corrected chi connectivity index (χ2v) is 6.68. The summed E-state index contributed by atoms with van der Waals surface area (Å²) in [5, 5.41) is 8.02. The van der Waals surface area contributed by atoms with E-state index in [1.54, 1.807) is 10.4 Å². The van der Waals surface area contributed by atoms with Gasteiger partial charge in [0.1, 0.15) is 0 Å². The van der Waals surface area contributed by atoms with Crippen molar-refractivity contribution in [3.8, 4) is 0 Å². The molecular formula is C15H21N3S. The summed E-state index contributed by atoms with van der Waals surface area (Å²) >= 11 is 1.99.